The first-order valence-corrected chi connectivity index (χ1v) is 15.6. The van der Waals surface area contributed by atoms with Crippen LogP contribution in [0.2, 0.25) is 0 Å². The number of carboxylic acid groups (broad SMARTS) is 1. The number of nitrogens with two attached hydrogens (primary N) is 1. The Morgan fingerprint density at radius 1 is 0.771 bits per heavy atom. The molecule has 5 N–H and O–H groups in total. The van der Waals surface area contributed by atoms with Crippen LogP contribution in [0.15, 0.2) is 102 Å². The predicted octanol–water partition coefficient (Wildman–Crippen LogP) is 6.97. The smallest absolute Gasteiger partial charge is 0.331 e. The normalized spacial score (nSPS) is 12.6. The number of esters is 1. The van der Waals surface area contributed by atoms with Gasteiger partial charge in [0.2, 0.25) is 0 Å². The molecule has 4 aromatic carbocycles. The fraction of sp³-hybridized carbons (Fsp3) is 0.308. The Labute approximate surface area is 281 Å². The molecule has 0 aliphatic carbocycles. The number of ether oxygens (including phenoxy) is 1. The van der Waals surface area contributed by atoms with E-state index in [4.69, 9.17) is 25.7 Å². The lowest BCUT2D eigenvalue weighted by Crippen LogP contribution is -2.33. The first-order chi connectivity index (χ1) is 22.4. The molecule has 0 aliphatic heterocycles. The number of nitrogens with zero attached hydrogens (tertiary/aromatic N) is 1. The number of hydrogen-bond donors (Lipinski definition) is 4. The fourth-order valence-corrected chi connectivity index (χ4v) is 4.95. The number of halogens is 1. The highest BCUT2D eigenvalue weighted by molar-refractivity contribution is 6.13. The van der Waals surface area contributed by atoms with Crippen LogP contribution >= 0.6 is 0 Å². The molecular formula is C39H45FN2O6. The molecule has 254 valence electrons. The number of phenolic OH excluding ortho intramolecular Hbond substituents is 2. The Bertz CT molecular complexity index is 1670. The number of aliphatic carboxylic acids is 1. The standard InChI is InChI=1S/C30H35NO3.C9H10FNO3/c1-29(2,3)25-18-17-24(32)19-23(25)20-26(28(33)34-30(4,5)6)31-27(21-13-9-7-10-14-21)22-15-11-8-12-16-22;10-7-2-1-6(12)3-5(7)4-8(11)9(13)14/h7-19,26,32H,20H2,1-6H3;1-3,8,12H,4,11H2,(H,13,14). The van der Waals surface area contributed by atoms with Gasteiger partial charge in [0.25, 0.3) is 0 Å². The third-order valence-corrected chi connectivity index (χ3v) is 7.15. The number of benzene rings is 4. The van der Waals surface area contributed by atoms with Crippen LogP contribution in [0.25, 0.3) is 0 Å². The lowest BCUT2D eigenvalue weighted by Gasteiger charge is -2.26. The summed E-state index contributed by atoms with van der Waals surface area (Å²) < 4.78 is 18.8. The summed E-state index contributed by atoms with van der Waals surface area (Å²) in [6.45, 7) is 11.9. The van der Waals surface area contributed by atoms with Gasteiger partial charge < -0.3 is 25.8 Å². The number of rotatable bonds is 9. The van der Waals surface area contributed by atoms with Gasteiger partial charge in [0.05, 0.1) is 5.71 Å². The van der Waals surface area contributed by atoms with Crippen LogP contribution in [-0.4, -0.2) is 50.7 Å². The first-order valence-electron chi connectivity index (χ1n) is 15.6. The molecule has 0 bridgehead atoms. The van der Waals surface area contributed by atoms with Crippen molar-refractivity contribution < 1.29 is 34.0 Å². The highest BCUT2D eigenvalue weighted by Gasteiger charge is 2.29. The second kappa shape index (κ2) is 16.2. The maximum absolute atomic E-state index is 13.4. The summed E-state index contributed by atoms with van der Waals surface area (Å²) in [5, 5.41) is 27.8. The number of phenols is 2. The number of carbonyl (C=O) groups excluding carboxylic acids is 1. The minimum Gasteiger partial charge on any atom is -0.508 e. The van der Waals surface area contributed by atoms with E-state index in [-0.39, 0.29) is 34.9 Å². The van der Waals surface area contributed by atoms with Gasteiger partial charge in [0, 0.05) is 24.0 Å². The van der Waals surface area contributed by atoms with Gasteiger partial charge in [0.1, 0.15) is 29.0 Å². The van der Waals surface area contributed by atoms with Crippen molar-refractivity contribution in [2.75, 3.05) is 0 Å². The van der Waals surface area contributed by atoms with Crippen molar-refractivity contribution in [2.45, 2.75) is 77.5 Å². The van der Waals surface area contributed by atoms with Gasteiger partial charge in [-0.2, -0.15) is 0 Å². The molecule has 9 heteroatoms. The van der Waals surface area contributed by atoms with E-state index in [9.17, 15) is 19.1 Å². The molecule has 0 saturated carbocycles. The lowest BCUT2D eigenvalue weighted by atomic mass is 9.82. The molecule has 0 saturated heterocycles. The van der Waals surface area contributed by atoms with Gasteiger partial charge >= 0.3 is 11.9 Å². The van der Waals surface area contributed by atoms with Gasteiger partial charge in [-0.1, -0.05) is 87.5 Å². The lowest BCUT2D eigenvalue weighted by molar-refractivity contribution is -0.156. The van der Waals surface area contributed by atoms with Crippen molar-refractivity contribution in [1.82, 2.24) is 0 Å². The minimum atomic E-state index is -1.20. The van der Waals surface area contributed by atoms with Crippen LogP contribution in [0.3, 0.4) is 0 Å². The Balaban J connectivity index is 0.000000373. The quantitative estimate of drug-likeness (QED) is 0.113. The summed E-state index contributed by atoms with van der Waals surface area (Å²) in [6, 6.07) is 26.6. The number of aromatic hydroxyl groups is 2. The molecule has 0 radical (unpaired) electrons. The van der Waals surface area contributed by atoms with Crippen LogP contribution in [0.4, 0.5) is 4.39 Å². The minimum absolute atomic E-state index is 0.0971. The summed E-state index contributed by atoms with van der Waals surface area (Å²) in [7, 11) is 0. The summed E-state index contributed by atoms with van der Waals surface area (Å²) >= 11 is 0. The van der Waals surface area contributed by atoms with Gasteiger partial charge in [-0.05, 0) is 73.2 Å². The van der Waals surface area contributed by atoms with Crippen molar-refractivity contribution in [3.8, 4) is 11.5 Å². The molecule has 0 spiro atoms. The second-order valence-electron chi connectivity index (χ2n) is 13.5. The van der Waals surface area contributed by atoms with Crippen LogP contribution in [0.5, 0.6) is 11.5 Å². The Kier molecular flexibility index (Phi) is 12.6. The molecule has 48 heavy (non-hydrogen) atoms. The number of aliphatic imine (C=N–C) groups is 1. The molecule has 0 aliphatic rings. The van der Waals surface area contributed by atoms with Crippen molar-refractivity contribution in [2.24, 2.45) is 10.7 Å². The molecule has 2 unspecified atom stereocenters. The molecule has 0 fully saturated rings. The van der Waals surface area contributed by atoms with E-state index in [2.05, 4.69) is 20.8 Å². The van der Waals surface area contributed by atoms with Crippen molar-refractivity contribution in [3.05, 3.63) is 131 Å². The second-order valence-corrected chi connectivity index (χ2v) is 13.5. The zero-order valence-corrected chi connectivity index (χ0v) is 28.3. The third kappa shape index (κ3) is 11.3. The average molecular weight is 657 g/mol. The third-order valence-electron chi connectivity index (χ3n) is 7.15. The van der Waals surface area contributed by atoms with E-state index in [1.54, 1.807) is 12.1 Å². The van der Waals surface area contributed by atoms with Crippen molar-refractivity contribution >= 4 is 17.7 Å². The van der Waals surface area contributed by atoms with Gasteiger partial charge in [-0.3, -0.25) is 9.79 Å². The van der Waals surface area contributed by atoms with Gasteiger partial charge in [-0.25, -0.2) is 9.18 Å². The number of carboxylic acids is 1. The molecular weight excluding hydrogens is 611 g/mol. The van der Waals surface area contributed by atoms with Gasteiger partial charge in [-0.15, -0.1) is 0 Å². The topological polar surface area (TPSA) is 142 Å². The highest BCUT2D eigenvalue weighted by Crippen LogP contribution is 2.30. The molecule has 0 heterocycles. The number of hydrogen-bond acceptors (Lipinski definition) is 7. The van der Waals surface area contributed by atoms with Crippen molar-refractivity contribution in [3.63, 3.8) is 0 Å². The van der Waals surface area contributed by atoms with Crippen LogP contribution in [-0.2, 0) is 32.6 Å². The van der Waals surface area contributed by atoms with E-state index in [0.29, 0.717) is 6.42 Å². The zero-order valence-electron chi connectivity index (χ0n) is 28.3. The van der Waals surface area contributed by atoms with Gasteiger partial charge in [0.15, 0.2) is 6.04 Å². The Morgan fingerprint density at radius 3 is 1.75 bits per heavy atom. The molecule has 0 aromatic heterocycles. The maximum Gasteiger partial charge on any atom is 0.331 e. The highest BCUT2D eigenvalue weighted by atomic mass is 19.1. The summed E-state index contributed by atoms with van der Waals surface area (Å²) in [5.74, 6) is -2.10. The maximum atomic E-state index is 13.4. The average Bonchev–Trinajstić information content (AvgIpc) is 3.00. The van der Waals surface area contributed by atoms with Crippen molar-refractivity contribution in [1.29, 1.82) is 0 Å². The van der Waals surface area contributed by atoms with E-state index in [1.807, 2.05) is 87.5 Å². The van der Waals surface area contributed by atoms with E-state index >= 15 is 0 Å². The molecule has 8 nitrogen and oxygen atoms in total. The largest absolute Gasteiger partial charge is 0.508 e. The Hall–Kier alpha value is -5.02. The van der Waals surface area contributed by atoms with E-state index in [0.717, 1.165) is 40.1 Å². The van der Waals surface area contributed by atoms with Crippen LogP contribution in [0, 0.1) is 5.82 Å². The molecule has 4 rings (SSSR count). The summed E-state index contributed by atoms with van der Waals surface area (Å²) in [5.41, 5.74) is 9.04. The molecule has 4 aromatic rings. The fourth-order valence-electron chi connectivity index (χ4n) is 4.95. The zero-order chi connectivity index (χ0) is 35.6. The number of carbonyl (C=O) groups is 2. The first kappa shape index (κ1) is 37.4. The van der Waals surface area contributed by atoms with Crippen LogP contribution < -0.4 is 5.73 Å². The van der Waals surface area contributed by atoms with E-state index in [1.165, 1.54) is 6.07 Å². The van der Waals surface area contributed by atoms with Crippen LogP contribution in [0.1, 0.15) is 69.4 Å². The molecule has 2 atom stereocenters. The monoisotopic (exact) mass is 656 g/mol. The van der Waals surface area contributed by atoms with E-state index < -0.39 is 29.5 Å². The predicted molar refractivity (Wildman–Crippen MR) is 186 cm³/mol. The summed E-state index contributed by atoms with van der Waals surface area (Å²) in [4.78, 5) is 28.8. The SMILES string of the molecule is CC(C)(C)OC(=O)C(Cc1cc(O)ccc1C(C)(C)C)N=C(c1ccccc1)c1ccccc1.NC(Cc1cc(O)ccc1F)C(=O)O. The molecule has 0 amide bonds. The Morgan fingerprint density at radius 2 is 1.27 bits per heavy atom. The summed E-state index contributed by atoms with van der Waals surface area (Å²) in [6.07, 6.45) is 0.175.